The van der Waals surface area contributed by atoms with Crippen molar-refractivity contribution in [2.75, 3.05) is 5.32 Å². The third-order valence-corrected chi connectivity index (χ3v) is 2.17. The van der Waals surface area contributed by atoms with Crippen LogP contribution in [0.15, 0.2) is 24.5 Å². The first-order valence-corrected chi connectivity index (χ1v) is 4.89. The van der Waals surface area contributed by atoms with Crippen molar-refractivity contribution in [3.63, 3.8) is 0 Å². The maximum absolute atomic E-state index is 11.7. The van der Waals surface area contributed by atoms with Crippen molar-refractivity contribution >= 4 is 11.9 Å². The first-order chi connectivity index (χ1) is 8.20. The number of aromatic nitrogens is 3. The maximum atomic E-state index is 11.7. The molecule has 84 valence electrons. The van der Waals surface area contributed by atoms with Crippen molar-refractivity contribution in [3.05, 3.63) is 41.5 Å². The summed E-state index contributed by atoms with van der Waals surface area (Å²) in [4.78, 5) is 22.4. The highest BCUT2D eigenvalue weighted by Crippen LogP contribution is 2.07. The van der Waals surface area contributed by atoms with Gasteiger partial charge in [0.15, 0.2) is 0 Å². The van der Waals surface area contributed by atoms with Crippen molar-refractivity contribution < 1.29 is 4.79 Å². The van der Waals surface area contributed by atoms with Crippen LogP contribution in [-0.2, 0) is 0 Å². The average molecular weight is 227 g/mol. The lowest BCUT2D eigenvalue weighted by molar-refractivity contribution is 0.102. The first-order valence-electron chi connectivity index (χ1n) is 4.89. The number of hydrogen-bond donors (Lipinski definition) is 2. The summed E-state index contributed by atoms with van der Waals surface area (Å²) in [5.41, 5.74) is 1.23. The number of aryl methyl sites for hydroxylation is 1. The highest BCUT2D eigenvalue weighted by molar-refractivity contribution is 6.01. The van der Waals surface area contributed by atoms with Gasteiger partial charge in [-0.05, 0) is 19.1 Å². The van der Waals surface area contributed by atoms with Crippen molar-refractivity contribution in [2.24, 2.45) is 0 Å². The van der Waals surface area contributed by atoms with Gasteiger partial charge in [0.25, 0.3) is 5.91 Å². The molecule has 2 aromatic rings. The second-order valence-corrected chi connectivity index (χ2v) is 3.33. The van der Waals surface area contributed by atoms with Crippen molar-refractivity contribution in [3.8, 4) is 6.07 Å². The second-order valence-electron chi connectivity index (χ2n) is 3.33. The van der Waals surface area contributed by atoms with Crippen LogP contribution in [0, 0.1) is 18.3 Å². The topological polar surface area (TPSA) is 94.5 Å². The molecule has 6 heteroatoms. The Morgan fingerprint density at radius 1 is 1.53 bits per heavy atom. The van der Waals surface area contributed by atoms with E-state index in [0.717, 1.165) is 0 Å². The molecule has 2 N–H and O–H groups in total. The van der Waals surface area contributed by atoms with Gasteiger partial charge in [-0.1, -0.05) is 0 Å². The molecule has 0 aromatic carbocycles. The molecule has 0 aliphatic carbocycles. The van der Waals surface area contributed by atoms with E-state index in [0.29, 0.717) is 17.2 Å². The van der Waals surface area contributed by atoms with Crippen LogP contribution in [0.4, 0.5) is 5.95 Å². The van der Waals surface area contributed by atoms with Gasteiger partial charge in [-0.3, -0.25) is 10.1 Å². The zero-order chi connectivity index (χ0) is 12.3. The third kappa shape index (κ3) is 2.29. The Labute approximate surface area is 97.3 Å². The number of carbonyl (C=O) groups excluding carboxylic acids is 1. The fraction of sp³-hybridized carbons (Fsp3) is 0.0909. The summed E-state index contributed by atoms with van der Waals surface area (Å²) in [6.45, 7) is 1.68. The molecule has 2 rings (SSSR count). The molecule has 0 saturated heterocycles. The van der Waals surface area contributed by atoms with Gasteiger partial charge in [0, 0.05) is 12.4 Å². The minimum Gasteiger partial charge on any atom is -0.331 e. The molecule has 0 unspecified atom stereocenters. The number of hydrogen-bond acceptors (Lipinski definition) is 4. The van der Waals surface area contributed by atoms with Crippen LogP contribution in [0.5, 0.6) is 0 Å². The fourth-order valence-corrected chi connectivity index (χ4v) is 1.31. The zero-order valence-corrected chi connectivity index (χ0v) is 9.06. The molecule has 2 heterocycles. The molecule has 0 bridgehead atoms. The van der Waals surface area contributed by atoms with Crippen LogP contribution in [0.3, 0.4) is 0 Å². The lowest BCUT2D eigenvalue weighted by atomic mass is 10.2. The van der Waals surface area contributed by atoms with Gasteiger partial charge >= 0.3 is 0 Å². The van der Waals surface area contributed by atoms with Gasteiger partial charge in [-0.25, -0.2) is 9.97 Å². The highest BCUT2D eigenvalue weighted by atomic mass is 16.2. The SMILES string of the molecule is Cc1nc(C(=O)Nc2ncc[nH]2)ccc1C#N. The molecule has 17 heavy (non-hydrogen) atoms. The lowest BCUT2D eigenvalue weighted by Crippen LogP contribution is -2.15. The van der Waals surface area contributed by atoms with Crippen LogP contribution in [-0.4, -0.2) is 20.9 Å². The predicted molar refractivity (Wildman–Crippen MR) is 60.2 cm³/mol. The smallest absolute Gasteiger partial charge is 0.276 e. The maximum Gasteiger partial charge on any atom is 0.276 e. The number of rotatable bonds is 2. The zero-order valence-electron chi connectivity index (χ0n) is 9.06. The van der Waals surface area contributed by atoms with Gasteiger partial charge in [0.05, 0.1) is 11.3 Å². The monoisotopic (exact) mass is 227 g/mol. The van der Waals surface area contributed by atoms with E-state index in [2.05, 4.69) is 20.3 Å². The minimum atomic E-state index is -0.368. The van der Waals surface area contributed by atoms with E-state index < -0.39 is 0 Å². The molecule has 0 spiro atoms. The number of nitrogens with one attached hydrogen (secondary N) is 2. The summed E-state index contributed by atoms with van der Waals surface area (Å²) in [7, 11) is 0. The lowest BCUT2D eigenvalue weighted by Gasteiger charge is -2.02. The fourth-order valence-electron chi connectivity index (χ4n) is 1.31. The Morgan fingerprint density at radius 2 is 2.35 bits per heavy atom. The second kappa shape index (κ2) is 4.45. The minimum absolute atomic E-state index is 0.248. The van der Waals surface area contributed by atoms with E-state index in [-0.39, 0.29) is 11.6 Å². The van der Waals surface area contributed by atoms with Crippen molar-refractivity contribution in [1.82, 2.24) is 15.0 Å². The summed E-state index contributed by atoms with van der Waals surface area (Å²) >= 11 is 0. The van der Waals surface area contributed by atoms with Crippen LogP contribution >= 0.6 is 0 Å². The largest absolute Gasteiger partial charge is 0.331 e. The van der Waals surface area contributed by atoms with Crippen LogP contribution in [0.25, 0.3) is 0 Å². The molecule has 0 aliphatic heterocycles. The van der Waals surface area contributed by atoms with Gasteiger partial charge < -0.3 is 4.98 Å². The van der Waals surface area contributed by atoms with Gasteiger partial charge in [0.2, 0.25) is 5.95 Å². The number of nitrogens with zero attached hydrogens (tertiary/aromatic N) is 3. The molecular weight excluding hydrogens is 218 g/mol. The van der Waals surface area contributed by atoms with Gasteiger partial charge in [-0.2, -0.15) is 5.26 Å². The Hall–Kier alpha value is -2.68. The van der Waals surface area contributed by atoms with Crippen LogP contribution in [0.1, 0.15) is 21.7 Å². The normalized spacial score (nSPS) is 9.65. The molecule has 0 radical (unpaired) electrons. The van der Waals surface area contributed by atoms with Crippen LogP contribution < -0.4 is 5.32 Å². The molecular formula is C11H9N5O. The molecule has 0 fully saturated rings. The summed E-state index contributed by atoms with van der Waals surface area (Å²) < 4.78 is 0. The molecule has 0 saturated carbocycles. The summed E-state index contributed by atoms with van der Waals surface area (Å²) in [5.74, 6) is -0.00801. The van der Waals surface area contributed by atoms with Crippen LogP contribution in [0.2, 0.25) is 0 Å². The van der Waals surface area contributed by atoms with E-state index in [1.54, 1.807) is 19.2 Å². The molecule has 1 amide bonds. The summed E-state index contributed by atoms with van der Waals surface area (Å²) in [6.07, 6.45) is 3.14. The Bertz CT molecular complexity index is 582. The van der Waals surface area contributed by atoms with Crippen molar-refractivity contribution in [1.29, 1.82) is 5.26 Å². The van der Waals surface area contributed by atoms with E-state index >= 15 is 0 Å². The Balaban J connectivity index is 2.21. The quantitative estimate of drug-likeness (QED) is 0.806. The number of imidazole rings is 1. The number of carbonyl (C=O) groups is 1. The third-order valence-electron chi connectivity index (χ3n) is 2.17. The number of nitriles is 1. The highest BCUT2D eigenvalue weighted by Gasteiger charge is 2.10. The predicted octanol–water partition coefficient (Wildman–Crippen LogP) is 1.24. The molecule has 0 atom stereocenters. The average Bonchev–Trinajstić information content (AvgIpc) is 2.81. The van der Waals surface area contributed by atoms with Gasteiger partial charge in [0.1, 0.15) is 11.8 Å². The Morgan fingerprint density at radius 3 is 2.94 bits per heavy atom. The van der Waals surface area contributed by atoms with E-state index in [1.807, 2.05) is 6.07 Å². The number of H-pyrrole nitrogens is 1. The summed E-state index contributed by atoms with van der Waals surface area (Å²) in [6, 6.07) is 5.07. The van der Waals surface area contributed by atoms with Gasteiger partial charge in [-0.15, -0.1) is 0 Å². The first kappa shape index (κ1) is 10.8. The number of amides is 1. The Kier molecular flexibility index (Phi) is 2.83. The number of anilines is 1. The summed E-state index contributed by atoms with van der Waals surface area (Å²) in [5, 5.41) is 11.3. The number of pyridine rings is 1. The number of aromatic amines is 1. The molecule has 0 aliphatic rings. The van der Waals surface area contributed by atoms with Crippen molar-refractivity contribution in [2.45, 2.75) is 6.92 Å². The van der Waals surface area contributed by atoms with E-state index in [4.69, 9.17) is 5.26 Å². The molecule has 6 nitrogen and oxygen atoms in total. The standard InChI is InChI=1S/C11H9N5O/c1-7-8(6-12)2-3-9(15-7)10(17)16-11-13-4-5-14-11/h2-5H,1H3,(H2,13,14,16,17). The van der Waals surface area contributed by atoms with E-state index in [9.17, 15) is 4.79 Å². The molecule has 2 aromatic heterocycles. The van der Waals surface area contributed by atoms with E-state index in [1.165, 1.54) is 12.3 Å².